The molecule has 0 aliphatic carbocycles. The molecule has 0 unspecified atom stereocenters. The zero-order chi connectivity index (χ0) is 93.0. The van der Waals surface area contributed by atoms with E-state index in [4.69, 9.17) is 31.8 Å². The number of aliphatic hydroxyl groups is 5. The molecule has 2 aliphatic heterocycles. The summed E-state index contributed by atoms with van der Waals surface area (Å²) in [5.41, 5.74) is 17.6. The Labute approximate surface area is 712 Å². The number of carboxylic acids is 4. The molecule has 0 radical (unpaired) electrons. The smallest absolute Gasteiger partial charge is 0.328 e. The third kappa shape index (κ3) is 38.9. The number of unbranched alkanes of at least 4 members (excludes halogenated alkanes) is 1. The van der Waals surface area contributed by atoms with E-state index in [1.165, 1.54) is 19.1 Å². The van der Waals surface area contributed by atoms with Crippen molar-refractivity contribution in [3.05, 3.63) is 48.0 Å². The van der Waals surface area contributed by atoms with Crippen molar-refractivity contribution in [2.75, 3.05) is 59.0 Å². The van der Waals surface area contributed by atoms with Crippen LogP contribution >= 0.6 is 0 Å². The molecule has 124 heavy (non-hydrogen) atoms. The number of nitrogens with two attached hydrogens (primary N) is 3. The number of primary amides is 1. The van der Waals surface area contributed by atoms with Gasteiger partial charge in [-0.1, -0.05) is 62.8 Å². The Kier molecular flexibility index (Phi) is 47.8. The highest BCUT2D eigenvalue weighted by molar-refractivity contribution is 5.99. The molecule has 0 aromatic heterocycles. The summed E-state index contributed by atoms with van der Waals surface area (Å²) >= 11 is 0. The second kappa shape index (κ2) is 55.6. The summed E-state index contributed by atoms with van der Waals surface area (Å²) in [6, 6.07) is -7.67. The Balaban J connectivity index is 1.83. The summed E-state index contributed by atoms with van der Waals surface area (Å²) in [6.45, 7) is 2.44. The van der Waals surface area contributed by atoms with Crippen LogP contribution in [-0.4, -0.2) is 332 Å². The Bertz CT molecular complexity index is 3820. The molecule has 29 N–H and O–H groups in total. The normalized spacial score (nSPS) is 19.3. The number of aliphatic carboxylic acids is 4. The minimum Gasteiger partial charge on any atom is -0.481 e. The highest BCUT2D eigenvalue weighted by Crippen LogP contribution is 2.25. The van der Waals surface area contributed by atoms with E-state index in [9.17, 15) is 132 Å². The molecule has 0 spiro atoms. The highest BCUT2D eigenvalue weighted by atomic mass is 16.7. The van der Waals surface area contributed by atoms with E-state index in [-0.39, 0.29) is 64.0 Å². The van der Waals surface area contributed by atoms with Crippen LogP contribution in [-0.2, 0) is 107 Å². The van der Waals surface area contributed by atoms with Gasteiger partial charge in [-0.25, -0.2) is 4.79 Å². The molecular formula is C76H120N18O30. The van der Waals surface area contributed by atoms with Crippen molar-refractivity contribution in [1.82, 2.24) is 79.3 Å². The Morgan fingerprint density at radius 3 is 1.59 bits per heavy atom. The number of amides is 15. The lowest BCUT2D eigenvalue weighted by atomic mass is 9.98. The van der Waals surface area contributed by atoms with E-state index < -0.39 is 313 Å². The topological polar surface area (TPSA) is 775 Å². The van der Waals surface area contributed by atoms with Crippen molar-refractivity contribution in [1.29, 1.82) is 0 Å². The van der Waals surface area contributed by atoms with E-state index >= 15 is 0 Å². The van der Waals surface area contributed by atoms with Gasteiger partial charge in [0.05, 0.1) is 57.6 Å². The highest BCUT2D eigenvalue weighted by Gasteiger charge is 2.46. The number of aliphatic hydroxyl groups excluding tert-OH is 5. The molecule has 694 valence electrons. The number of ether oxygens (including phenoxy) is 2. The first kappa shape index (κ1) is 107. The molecule has 2 fully saturated rings. The number of hydrogen-bond acceptors (Lipinski definition) is 29. The second-order valence-corrected chi connectivity index (χ2v) is 29.7. The van der Waals surface area contributed by atoms with Gasteiger partial charge in [-0.2, -0.15) is 0 Å². The summed E-state index contributed by atoms with van der Waals surface area (Å²) in [5.74, 6) is -20.5. The van der Waals surface area contributed by atoms with E-state index in [0.29, 0.717) is 18.4 Å². The summed E-state index contributed by atoms with van der Waals surface area (Å²) in [7, 11) is 0. The van der Waals surface area contributed by atoms with Crippen LogP contribution in [0.2, 0.25) is 0 Å². The number of carbonyl (C=O) groups excluding carboxylic acids is 15. The molecule has 19 atom stereocenters. The Morgan fingerprint density at radius 1 is 0.540 bits per heavy atom. The summed E-state index contributed by atoms with van der Waals surface area (Å²) < 4.78 is 11.3. The Hall–Kier alpha value is -11.5. The van der Waals surface area contributed by atoms with Gasteiger partial charge in [0.1, 0.15) is 72.8 Å². The molecule has 1 aromatic carbocycles. The molecule has 0 saturated carbocycles. The maximum atomic E-state index is 14.6. The predicted octanol–water partition coefficient (Wildman–Crippen LogP) is -10.4. The van der Waals surface area contributed by atoms with Crippen LogP contribution < -0.4 is 91.6 Å². The third-order valence-corrected chi connectivity index (χ3v) is 19.7. The summed E-state index contributed by atoms with van der Waals surface area (Å²) in [5, 5.41) is 122. The van der Waals surface area contributed by atoms with Gasteiger partial charge < -0.3 is 147 Å². The number of carbonyl (C=O) groups is 19. The van der Waals surface area contributed by atoms with Crippen LogP contribution in [0.3, 0.4) is 0 Å². The first-order valence-electron chi connectivity index (χ1n) is 40.3. The average Bonchev–Trinajstić information content (AvgIpc) is 1.09. The maximum Gasteiger partial charge on any atom is 0.328 e. The zero-order valence-electron chi connectivity index (χ0n) is 69.5. The van der Waals surface area contributed by atoms with Crippen LogP contribution in [0.5, 0.6) is 0 Å². The number of nitrogens with zero attached hydrogens (tertiary/aromatic N) is 1. The standard InChI is InChI=1S/C76H120N18O30/c1-6-38(2)61(81-36-60(107)108)74(120)86-40(4)66(112)85-39(3)14-12-19-53(98)80-32-54(99)89-49(30-42-15-8-7-9-16-42)72(118)91-45(21-20-43(31-78)123-76-65(111)64(110)63(109)51(37-95)124-76)68(114)83-34-55(100)87-47(23-26-58(103)104)70(116)90-46(22-25-52(79)97)69(115)84-35-57(102)94-29-13-18-50(94)73(119)92-44(17-10-11-28-77)67(113)82-33-56(101)88-48(24-27-59(105)106)71(117)93-62(41(5)96)75(121)122/h7-9,12,14-16,38-41,43-51,61-65,76,81,95-96,109-111H,6,10-11,13,17-37,77-78H2,1-5H3,(H2,79,97)(H,80,98)(H,82,113)(H,83,114)(H,84,115)(H,85,112)(H,86,120)(H,87,100)(H,88,101)(H,89,99)(H,90,116)(H,91,118)(H,92,119)(H,93,117)(H,103,104)(H,105,106)(H,107,108)(H,121,122)/b14-12-/t38-,39-,40-,41-,43+,44-,45-,46-,47-,48-,49-,50-,51+,61-,62-,63-,64+,65+,76+/m0/s1. The fourth-order valence-corrected chi connectivity index (χ4v) is 12.6. The molecule has 2 saturated heterocycles. The van der Waals surface area contributed by atoms with Gasteiger partial charge in [0.25, 0.3) is 0 Å². The lowest BCUT2D eigenvalue weighted by Crippen LogP contribution is -2.60. The van der Waals surface area contributed by atoms with Crippen molar-refractivity contribution in [2.45, 2.75) is 247 Å². The van der Waals surface area contributed by atoms with Crippen LogP contribution in [0.15, 0.2) is 42.5 Å². The number of hydrogen-bond donors (Lipinski definition) is 26. The molecule has 0 bridgehead atoms. The molecule has 48 heteroatoms. The largest absolute Gasteiger partial charge is 0.481 e. The first-order chi connectivity index (χ1) is 58.5. The molecule has 15 amide bonds. The van der Waals surface area contributed by atoms with Crippen molar-refractivity contribution in [2.24, 2.45) is 23.1 Å². The van der Waals surface area contributed by atoms with Crippen molar-refractivity contribution in [3.63, 3.8) is 0 Å². The zero-order valence-corrected chi connectivity index (χ0v) is 69.5. The number of rotatable bonds is 58. The van der Waals surface area contributed by atoms with Crippen LogP contribution in [0.25, 0.3) is 0 Å². The van der Waals surface area contributed by atoms with E-state index in [1.807, 2.05) is 12.2 Å². The van der Waals surface area contributed by atoms with Crippen LogP contribution in [0, 0.1) is 5.92 Å². The van der Waals surface area contributed by atoms with Gasteiger partial charge >= 0.3 is 23.9 Å². The third-order valence-electron chi connectivity index (χ3n) is 19.7. The maximum absolute atomic E-state index is 14.6. The molecule has 1 aromatic rings. The van der Waals surface area contributed by atoms with Gasteiger partial charge in [-0.05, 0) is 103 Å². The van der Waals surface area contributed by atoms with E-state index in [0.717, 1.165) is 11.8 Å². The number of likely N-dealkylation sites (tertiary alicyclic amines) is 1. The lowest BCUT2D eigenvalue weighted by molar-refractivity contribution is -0.310. The minimum absolute atomic E-state index is 0.0258. The minimum atomic E-state index is -1.92. The molecule has 3 rings (SSSR count). The predicted molar refractivity (Wildman–Crippen MR) is 430 cm³/mol. The Morgan fingerprint density at radius 2 is 1.06 bits per heavy atom. The van der Waals surface area contributed by atoms with Gasteiger partial charge in [0, 0.05) is 51.2 Å². The number of carboxylic acid groups (broad SMARTS) is 4. The first-order valence-corrected chi connectivity index (χ1v) is 40.3. The molecule has 48 nitrogen and oxygen atoms in total. The second-order valence-electron chi connectivity index (χ2n) is 29.7. The van der Waals surface area contributed by atoms with E-state index in [1.54, 1.807) is 44.2 Å². The van der Waals surface area contributed by atoms with Gasteiger partial charge in [0.2, 0.25) is 88.6 Å². The quantitative estimate of drug-likeness (QED) is 0.0213. The van der Waals surface area contributed by atoms with Gasteiger partial charge in [-0.15, -0.1) is 0 Å². The summed E-state index contributed by atoms with van der Waals surface area (Å²) in [6.07, 6.45) is -12.7. The molecular weight excluding hydrogens is 1640 g/mol. The average molecular weight is 1770 g/mol. The number of benzene rings is 1. The number of nitrogens with one attached hydrogen (secondary N) is 14. The van der Waals surface area contributed by atoms with Crippen LogP contribution in [0.4, 0.5) is 0 Å². The van der Waals surface area contributed by atoms with Gasteiger partial charge in [-0.3, -0.25) is 91.6 Å². The van der Waals surface area contributed by atoms with Crippen molar-refractivity contribution >= 4 is 112 Å². The molecule has 2 aliphatic rings. The SMILES string of the molecule is CC[C@H](C)[C@H](NCC(=O)O)C(=O)N[C@@H](C)C(=O)N[C@@H](C)/C=C\CC(=O)NCC(=O)N[C@@H](Cc1ccccc1)C(=O)N[C@@H](CC[C@H](CN)O[C@@H]1O[C@H](CO)[C@H](O)[C@@H](O)[C@H]1O)C(=O)NCC(=O)N[C@@H](CCC(=O)O)C(=O)N[C@@H](CCC(N)=O)C(=O)NCC(=O)N1CCC[C@H]1C(=O)N[C@@H](CCCCN)C(=O)NCC(=O)N[C@@H](CCC(=O)O)C(=O)N[C@H](C(=O)O)[C@H](C)O. The fraction of sp³-hybridized carbons (Fsp3) is 0.645. The van der Waals surface area contributed by atoms with Crippen molar-refractivity contribution < 1.29 is 147 Å². The molecule has 2 heterocycles. The van der Waals surface area contributed by atoms with Gasteiger partial charge in [0.15, 0.2) is 12.3 Å². The summed E-state index contributed by atoms with van der Waals surface area (Å²) in [4.78, 5) is 250. The monoisotopic (exact) mass is 1760 g/mol. The van der Waals surface area contributed by atoms with Crippen LogP contribution in [0.1, 0.15) is 136 Å². The fourth-order valence-electron chi connectivity index (χ4n) is 12.6. The lowest BCUT2D eigenvalue weighted by Gasteiger charge is -2.40. The van der Waals surface area contributed by atoms with Crippen molar-refractivity contribution in [3.8, 4) is 0 Å². The van der Waals surface area contributed by atoms with E-state index in [2.05, 4.69) is 69.1 Å².